The SMILES string of the molecule is Cc1csc(C2CCCCN2C(=O)c2cnc(-c3ccco3)s2)n1. The van der Waals surface area contributed by atoms with E-state index in [0.29, 0.717) is 10.6 Å². The Hall–Kier alpha value is -1.99. The molecule has 1 amide bonds. The molecule has 4 rings (SSSR count). The van der Waals surface area contributed by atoms with Crippen molar-refractivity contribution in [2.75, 3.05) is 6.54 Å². The van der Waals surface area contributed by atoms with Gasteiger partial charge in [0.2, 0.25) is 0 Å². The Kier molecular flexibility index (Phi) is 4.20. The molecule has 124 valence electrons. The van der Waals surface area contributed by atoms with Crippen molar-refractivity contribution in [3.05, 3.63) is 45.6 Å². The van der Waals surface area contributed by atoms with Crippen molar-refractivity contribution in [2.45, 2.75) is 32.2 Å². The second-order valence-corrected chi connectivity index (χ2v) is 7.76. The summed E-state index contributed by atoms with van der Waals surface area (Å²) >= 11 is 3.03. The summed E-state index contributed by atoms with van der Waals surface area (Å²) in [7, 11) is 0. The summed E-state index contributed by atoms with van der Waals surface area (Å²) in [6.45, 7) is 2.77. The van der Waals surface area contributed by atoms with E-state index in [4.69, 9.17) is 4.42 Å². The highest BCUT2D eigenvalue weighted by atomic mass is 32.1. The number of furan rings is 1. The molecule has 1 saturated heterocycles. The van der Waals surface area contributed by atoms with Crippen molar-refractivity contribution in [1.82, 2.24) is 14.9 Å². The fourth-order valence-electron chi connectivity index (χ4n) is 2.99. The summed E-state index contributed by atoms with van der Waals surface area (Å²) in [6.07, 6.45) is 6.42. The van der Waals surface area contributed by atoms with Crippen LogP contribution in [0.3, 0.4) is 0 Å². The number of aryl methyl sites for hydroxylation is 1. The Balaban J connectivity index is 1.60. The lowest BCUT2D eigenvalue weighted by Crippen LogP contribution is -2.38. The van der Waals surface area contributed by atoms with Gasteiger partial charge in [0.15, 0.2) is 10.8 Å². The molecule has 1 aliphatic heterocycles. The maximum Gasteiger partial charge on any atom is 0.266 e. The Morgan fingerprint density at radius 2 is 2.33 bits per heavy atom. The highest BCUT2D eigenvalue weighted by Crippen LogP contribution is 2.35. The summed E-state index contributed by atoms with van der Waals surface area (Å²) in [6, 6.07) is 3.76. The van der Waals surface area contributed by atoms with E-state index in [1.807, 2.05) is 29.3 Å². The summed E-state index contributed by atoms with van der Waals surface area (Å²) in [5, 5.41) is 3.83. The maximum atomic E-state index is 13.0. The molecule has 3 aromatic rings. The van der Waals surface area contributed by atoms with Crippen LogP contribution in [0.1, 0.15) is 45.7 Å². The van der Waals surface area contributed by atoms with Crippen LogP contribution in [-0.4, -0.2) is 27.3 Å². The maximum absolute atomic E-state index is 13.0. The standard InChI is InChI=1S/C17H17N3O2S2/c1-11-10-23-15(19-11)12-5-2-3-7-20(12)17(21)14-9-18-16(24-14)13-6-4-8-22-13/h4,6,8-10,12H,2-3,5,7H2,1H3. The Labute approximate surface area is 148 Å². The van der Waals surface area contributed by atoms with Gasteiger partial charge >= 0.3 is 0 Å². The predicted molar refractivity (Wildman–Crippen MR) is 94.3 cm³/mol. The third kappa shape index (κ3) is 2.89. The highest BCUT2D eigenvalue weighted by Gasteiger charge is 2.31. The smallest absolute Gasteiger partial charge is 0.266 e. The number of amides is 1. The number of carbonyl (C=O) groups is 1. The molecule has 5 nitrogen and oxygen atoms in total. The van der Waals surface area contributed by atoms with Gasteiger partial charge < -0.3 is 9.32 Å². The Bertz CT molecular complexity index is 838. The lowest BCUT2D eigenvalue weighted by Gasteiger charge is -2.34. The molecule has 0 radical (unpaired) electrons. The van der Waals surface area contributed by atoms with Crippen molar-refractivity contribution >= 4 is 28.6 Å². The minimum atomic E-state index is 0.0443. The monoisotopic (exact) mass is 359 g/mol. The van der Waals surface area contributed by atoms with Crippen LogP contribution < -0.4 is 0 Å². The van der Waals surface area contributed by atoms with Gasteiger partial charge in [0.25, 0.3) is 5.91 Å². The van der Waals surface area contributed by atoms with E-state index in [1.165, 1.54) is 11.3 Å². The number of hydrogen-bond acceptors (Lipinski definition) is 6. The first kappa shape index (κ1) is 15.5. The van der Waals surface area contributed by atoms with Gasteiger partial charge in [-0.1, -0.05) is 0 Å². The first-order chi connectivity index (χ1) is 11.7. The van der Waals surface area contributed by atoms with Crippen molar-refractivity contribution in [1.29, 1.82) is 0 Å². The topological polar surface area (TPSA) is 59.2 Å². The molecule has 1 unspecified atom stereocenters. The van der Waals surface area contributed by atoms with Gasteiger partial charge in [-0.15, -0.1) is 22.7 Å². The summed E-state index contributed by atoms with van der Waals surface area (Å²) in [4.78, 5) is 24.6. The summed E-state index contributed by atoms with van der Waals surface area (Å²) in [5.41, 5.74) is 1.02. The highest BCUT2D eigenvalue weighted by molar-refractivity contribution is 7.16. The van der Waals surface area contributed by atoms with Crippen molar-refractivity contribution < 1.29 is 9.21 Å². The van der Waals surface area contributed by atoms with E-state index < -0.39 is 0 Å². The lowest BCUT2D eigenvalue weighted by atomic mass is 10.0. The lowest BCUT2D eigenvalue weighted by molar-refractivity contribution is 0.0616. The van der Waals surface area contributed by atoms with Crippen molar-refractivity contribution in [2.24, 2.45) is 0 Å². The number of thiazole rings is 2. The predicted octanol–water partition coefficient (Wildman–Crippen LogP) is 4.54. The molecule has 4 heterocycles. The van der Waals surface area contributed by atoms with Crippen molar-refractivity contribution in [3.63, 3.8) is 0 Å². The number of piperidine rings is 1. The van der Waals surface area contributed by atoms with E-state index in [-0.39, 0.29) is 11.9 Å². The average Bonchev–Trinajstić information content (AvgIpc) is 3.34. The van der Waals surface area contributed by atoms with E-state index in [9.17, 15) is 4.79 Å². The molecule has 1 aliphatic rings. The minimum absolute atomic E-state index is 0.0443. The quantitative estimate of drug-likeness (QED) is 0.689. The molecule has 0 N–H and O–H groups in total. The zero-order valence-electron chi connectivity index (χ0n) is 13.3. The number of carbonyl (C=O) groups excluding carboxylic acids is 1. The largest absolute Gasteiger partial charge is 0.462 e. The second kappa shape index (κ2) is 6.49. The van der Waals surface area contributed by atoms with Gasteiger partial charge in [0, 0.05) is 17.6 Å². The first-order valence-corrected chi connectivity index (χ1v) is 9.64. The van der Waals surface area contributed by atoms with Crippen LogP contribution in [0.5, 0.6) is 0 Å². The van der Waals surface area contributed by atoms with Crippen LogP contribution in [0, 0.1) is 6.92 Å². The van der Waals surface area contributed by atoms with Gasteiger partial charge in [-0.3, -0.25) is 4.79 Å². The molecule has 24 heavy (non-hydrogen) atoms. The molecule has 0 spiro atoms. The zero-order chi connectivity index (χ0) is 16.5. The molecular weight excluding hydrogens is 342 g/mol. The van der Waals surface area contributed by atoms with Crippen molar-refractivity contribution in [3.8, 4) is 10.8 Å². The summed E-state index contributed by atoms with van der Waals surface area (Å²) in [5.74, 6) is 0.743. The van der Waals surface area contributed by atoms with Crippen LogP contribution in [0.25, 0.3) is 10.8 Å². The average molecular weight is 359 g/mol. The molecule has 3 aromatic heterocycles. The van der Waals surface area contributed by atoms with Gasteiger partial charge in [0.05, 0.1) is 18.5 Å². The van der Waals surface area contributed by atoms with Crippen LogP contribution in [-0.2, 0) is 0 Å². The molecule has 1 fully saturated rings. The zero-order valence-corrected chi connectivity index (χ0v) is 14.9. The molecular formula is C17H17N3O2S2. The van der Waals surface area contributed by atoms with Crippen LogP contribution in [0.15, 0.2) is 34.4 Å². The Morgan fingerprint density at radius 3 is 3.08 bits per heavy atom. The van der Waals surface area contributed by atoms with E-state index >= 15 is 0 Å². The summed E-state index contributed by atoms with van der Waals surface area (Å²) < 4.78 is 5.37. The third-order valence-electron chi connectivity index (χ3n) is 4.13. The van der Waals surface area contributed by atoms with E-state index in [2.05, 4.69) is 9.97 Å². The Morgan fingerprint density at radius 1 is 1.42 bits per heavy atom. The fraction of sp³-hybridized carbons (Fsp3) is 0.353. The van der Waals surface area contributed by atoms with Crippen LogP contribution in [0.4, 0.5) is 0 Å². The van der Waals surface area contributed by atoms with Gasteiger partial charge in [-0.2, -0.15) is 0 Å². The molecule has 0 aromatic carbocycles. The van der Waals surface area contributed by atoms with E-state index in [1.54, 1.807) is 23.8 Å². The molecule has 0 saturated carbocycles. The number of aromatic nitrogens is 2. The normalized spacial score (nSPS) is 18.0. The second-order valence-electron chi connectivity index (χ2n) is 5.84. The van der Waals surface area contributed by atoms with Crippen LogP contribution in [0.2, 0.25) is 0 Å². The number of rotatable bonds is 3. The van der Waals surface area contributed by atoms with Gasteiger partial charge in [-0.05, 0) is 38.3 Å². The van der Waals surface area contributed by atoms with E-state index in [0.717, 1.165) is 41.5 Å². The number of nitrogens with zero attached hydrogens (tertiary/aromatic N) is 3. The molecule has 1 atom stereocenters. The van der Waals surface area contributed by atoms with Gasteiger partial charge in [-0.25, -0.2) is 9.97 Å². The molecule has 0 aliphatic carbocycles. The molecule has 0 bridgehead atoms. The first-order valence-electron chi connectivity index (χ1n) is 7.95. The number of hydrogen-bond donors (Lipinski definition) is 0. The van der Waals surface area contributed by atoms with Crippen LogP contribution >= 0.6 is 22.7 Å². The number of likely N-dealkylation sites (tertiary alicyclic amines) is 1. The third-order valence-corrected chi connectivity index (χ3v) is 6.20. The van der Waals surface area contributed by atoms with Gasteiger partial charge in [0.1, 0.15) is 9.88 Å². The minimum Gasteiger partial charge on any atom is -0.462 e. The molecule has 7 heteroatoms. The fourth-order valence-corrected chi connectivity index (χ4v) is 4.77.